The summed E-state index contributed by atoms with van der Waals surface area (Å²) in [6, 6.07) is 0. The largest absolute Gasteiger partial charge is 0.342 e. The highest BCUT2D eigenvalue weighted by atomic mass is 16.2. The summed E-state index contributed by atoms with van der Waals surface area (Å²) in [7, 11) is 3.75. The first kappa shape index (κ1) is 12.2. The van der Waals surface area contributed by atoms with Crippen LogP contribution in [0.3, 0.4) is 0 Å². The van der Waals surface area contributed by atoms with Crippen LogP contribution in [0, 0.1) is 0 Å². The third-order valence-electron chi connectivity index (χ3n) is 1.71. The molecule has 0 aromatic heterocycles. The number of nitrogens with one attached hydrogen (secondary N) is 1. The highest BCUT2D eigenvalue weighted by Crippen LogP contribution is 1.94. The van der Waals surface area contributed by atoms with Gasteiger partial charge in [-0.3, -0.25) is 4.79 Å². The van der Waals surface area contributed by atoms with Crippen molar-refractivity contribution in [3.8, 4) is 0 Å². The van der Waals surface area contributed by atoms with E-state index >= 15 is 0 Å². The Morgan fingerprint density at radius 2 is 2.08 bits per heavy atom. The van der Waals surface area contributed by atoms with Crippen molar-refractivity contribution in [3.63, 3.8) is 0 Å². The molecule has 0 rings (SSSR count). The second-order valence-electron chi connectivity index (χ2n) is 3.44. The smallest absolute Gasteiger partial charge is 0.246 e. The zero-order valence-electron chi connectivity index (χ0n) is 9.05. The molecule has 0 unspecified atom stereocenters. The molecule has 0 spiro atoms. The summed E-state index contributed by atoms with van der Waals surface area (Å²) < 4.78 is 0. The van der Waals surface area contributed by atoms with Crippen LogP contribution in [0.1, 0.15) is 20.3 Å². The molecular weight excluding hydrogens is 164 g/mol. The first-order valence-corrected chi connectivity index (χ1v) is 4.62. The SMILES string of the molecule is CNCCCN(C)C(=O)C=C(C)C. The minimum Gasteiger partial charge on any atom is -0.342 e. The fraction of sp³-hybridized carbons (Fsp3) is 0.700. The maximum absolute atomic E-state index is 11.4. The molecule has 3 nitrogen and oxygen atoms in total. The Bertz CT molecular complexity index is 183. The lowest BCUT2D eigenvalue weighted by atomic mass is 10.3. The molecular formula is C10H20N2O. The molecule has 0 aliphatic rings. The summed E-state index contributed by atoms with van der Waals surface area (Å²) in [5.41, 5.74) is 1.05. The Balaban J connectivity index is 3.76. The van der Waals surface area contributed by atoms with Crippen LogP contribution in [0.5, 0.6) is 0 Å². The first-order valence-electron chi connectivity index (χ1n) is 4.62. The van der Waals surface area contributed by atoms with Crippen molar-refractivity contribution in [2.75, 3.05) is 27.2 Å². The minimum absolute atomic E-state index is 0.0936. The van der Waals surface area contributed by atoms with Crippen LogP contribution in [0.15, 0.2) is 11.6 Å². The number of allylic oxidation sites excluding steroid dienone is 1. The Morgan fingerprint density at radius 3 is 2.54 bits per heavy atom. The zero-order valence-corrected chi connectivity index (χ0v) is 9.05. The van der Waals surface area contributed by atoms with Crippen LogP contribution in [0.25, 0.3) is 0 Å². The van der Waals surface area contributed by atoms with Crippen molar-refractivity contribution in [3.05, 3.63) is 11.6 Å². The molecule has 3 heteroatoms. The highest BCUT2D eigenvalue weighted by molar-refractivity contribution is 5.87. The van der Waals surface area contributed by atoms with E-state index in [4.69, 9.17) is 0 Å². The van der Waals surface area contributed by atoms with Crippen LogP contribution in [0.2, 0.25) is 0 Å². The van der Waals surface area contributed by atoms with Crippen LogP contribution < -0.4 is 5.32 Å². The van der Waals surface area contributed by atoms with Crippen LogP contribution >= 0.6 is 0 Å². The lowest BCUT2D eigenvalue weighted by molar-refractivity contribution is -0.124. The standard InChI is InChI=1S/C10H20N2O/c1-9(2)8-10(13)12(4)7-5-6-11-3/h8,11H,5-7H2,1-4H3. The lowest BCUT2D eigenvalue weighted by Crippen LogP contribution is -2.28. The molecule has 0 saturated carbocycles. The van der Waals surface area contributed by atoms with E-state index < -0.39 is 0 Å². The molecule has 0 aliphatic heterocycles. The number of rotatable bonds is 5. The Kier molecular flexibility index (Phi) is 6.24. The van der Waals surface area contributed by atoms with Crippen LogP contribution in [-0.2, 0) is 4.79 Å². The maximum Gasteiger partial charge on any atom is 0.246 e. The molecule has 0 heterocycles. The Morgan fingerprint density at radius 1 is 1.46 bits per heavy atom. The van der Waals surface area contributed by atoms with E-state index in [2.05, 4.69) is 5.32 Å². The quantitative estimate of drug-likeness (QED) is 0.511. The predicted molar refractivity (Wildman–Crippen MR) is 55.6 cm³/mol. The van der Waals surface area contributed by atoms with Gasteiger partial charge in [-0.2, -0.15) is 0 Å². The highest BCUT2D eigenvalue weighted by Gasteiger charge is 2.03. The molecule has 0 aromatic rings. The number of carbonyl (C=O) groups is 1. The average molecular weight is 184 g/mol. The predicted octanol–water partition coefficient (Wildman–Crippen LogP) is 1.02. The Hall–Kier alpha value is -0.830. The van der Waals surface area contributed by atoms with Gasteiger partial charge in [-0.25, -0.2) is 0 Å². The van der Waals surface area contributed by atoms with E-state index in [1.807, 2.05) is 27.9 Å². The van der Waals surface area contributed by atoms with E-state index in [9.17, 15) is 4.79 Å². The molecule has 0 fully saturated rings. The number of nitrogens with zero attached hydrogens (tertiary/aromatic N) is 1. The minimum atomic E-state index is 0.0936. The number of hydrogen-bond donors (Lipinski definition) is 1. The number of carbonyl (C=O) groups excluding carboxylic acids is 1. The third kappa shape index (κ3) is 6.34. The summed E-state index contributed by atoms with van der Waals surface area (Å²) in [5.74, 6) is 0.0936. The molecule has 0 saturated heterocycles. The summed E-state index contributed by atoms with van der Waals surface area (Å²) in [6.07, 6.45) is 2.66. The second-order valence-corrected chi connectivity index (χ2v) is 3.44. The lowest BCUT2D eigenvalue weighted by Gasteiger charge is -2.14. The van der Waals surface area contributed by atoms with Crippen molar-refractivity contribution in [2.24, 2.45) is 0 Å². The fourth-order valence-corrected chi connectivity index (χ4v) is 0.960. The van der Waals surface area contributed by atoms with E-state index in [-0.39, 0.29) is 5.91 Å². The first-order chi connectivity index (χ1) is 6.07. The third-order valence-corrected chi connectivity index (χ3v) is 1.71. The van der Waals surface area contributed by atoms with E-state index in [0.717, 1.165) is 25.1 Å². The topological polar surface area (TPSA) is 32.3 Å². The average Bonchev–Trinajstić information content (AvgIpc) is 2.03. The van der Waals surface area contributed by atoms with Gasteiger partial charge in [0.25, 0.3) is 0 Å². The molecule has 13 heavy (non-hydrogen) atoms. The zero-order chi connectivity index (χ0) is 10.3. The maximum atomic E-state index is 11.4. The van der Waals surface area contributed by atoms with Gasteiger partial charge in [0, 0.05) is 19.7 Å². The molecule has 0 aromatic carbocycles. The van der Waals surface area contributed by atoms with E-state index in [1.165, 1.54) is 0 Å². The van der Waals surface area contributed by atoms with Gasteiger partial charge in [0.1, 0.15) is 0 Å². The molecule has 76 valence electrons. The molecule has 1 amide bonds. The van der Waals surface area contributed by atoms with Gasteiger partial charge in [-0.1, -0.05) is 5.57 Å². The second kappa shape index (κ2) is 6.66. The number of amides is 1. The summed E-state index contributed by atoms with van der Waals surface area (Å²) in [4.78, 5) is 13.1. The number of hydrogen-bond acceptors (Lipinski definition) is 2. The molecule has 0 bridgehead atoms. The molecule has 1 N–H and O–H groups in total. The summed E-state index contributed by atoms with van der Waals surface area (Å²) in [6.45, 7) is 5.62. The summed E-state index contributed by atoms with van der Waals surface area (Å²) in [5, 5.41) is 3.05. The van der Waals surface area contributed by atoms with Crippen molar-refractivity contribution in [1.82, 2.24) is 10.2 Å². The monoisotopic (exact) mass is 184 g/mol. The van der Waals surface area contributed by atoms with Gasteiger partial charge in [-0.05, 0) is 33.9 Å². The van der Waals surface area contributed by atoms with Gasteiger partial charge >= 0.3 is 0 Å². The van der Waals surface area contributed by atoms with Crippen molar-refractivity contribution in [1.29, 1.82) is 0 Å². The van der Waals surface area contributed by atoms with Crippen LogP contribution in [0.4, 0.5) is 0 Å². The van der Waals surface area contributed by atoms with Gasteiger partial charge < -0.3 is 10.2 Å². The fourth-order valence-electron chi connectivity index (χ4n) is 0.960. The van der Waals surface area contributed by atoms with Gasteiger partial charge in [0.15, 0.2) is 0 Å². The normalized spacial score (nSPS) is 9.54. The van der Waals surface area contributed by atoms with Crippen molar-refractivity contribution < 1.29 is 4.79 Å². The van der Waals surface area contributed by atoms with Crippen molar-refractivity contribution in [2.45, 2.75) is 20.3 Å². The van der Waals surface area contributed by atoms with E-state index in [0.29, 0.717) is 0 Å². The molecule has 0 radical (unpaired) electrons. The molecule has 0 atom stereocenters. The van der Waals surface area contributed by atoms with Gasteiger partial charge in [0.2, 0.25) is 5.91 Å². The molecule has 0 aliphatic carbocycles. The Labute approximate surface area is 80.8 Å². The van der Waals surface area contributed by atoms with Gasteiger partial charge in [-0.15, -0.1) is 0 Å². The van der Waals surface area contributed by atoms with Crippen molar-refractivity contribution >= 4 is 5.91 Å². The summed E-state index contributed by atoms with van der Waals surface area (Å²) >= 11 is 0. The van der Waals surface area contributed by atoms with Crippen LogP contribution in [-0.4, -0.2) is 38.0 Å². The van der Waals surface area contributed by atoms with E-state index in [1.54, 1.807) is 11.0 Å². The number of likely N-dealkylation sites (N-methyl/N-ethyl adjacent to an activating group) is 1. The van der Waals surface area contributed by atoms with Gasteiger partial charge in [0.05, 0.1) is 0 Å².